The van der Waals surface area contributed by atoms with Gasteiger partial charge < -0.3 is 11.1 Å². The molecule has 0 spiro atoms. The summed E-state index contributed by atoms with van der Waals surface area (Å²) in [5.41, 5.74) is 5.28. The second-order valence-electron chi connectivity index (χ2n) is 2.82. The third-order valence-corrected chi connectivity index (χ3v) is 2.27. The number of carbonyl (C=O) groups is 1. The van der Waals surface area contributed by atoms with Crippen LogP contribution in [0.2, 0.25) is 0 Å². The summed E-state index contributed by atoms with van der Waals surface area (Å²) in [7, 11) is 0. The van der Waals surface area contributed by atoms with E-state index in [2.05, 4.69) is 5.32 Å². The van der Waals surface area contributed by atoms with E-state index in [-0.39, 0.29) is 11.9 Å². The lowest BCUT2D eigenvalue weighted by Gasteiger charge is -2.11. The van der Waals surface area contributed by atoms with Crippen molar-refractivity contribution in [3.05, 3.63) is 0 Å². The SMILES string of the molecule is CSCC(C)NC(=O)CCCN. The molecule has 0 heterocycles. The Bertz CT molecular complexity index is 130. The second-order valence-corrected chi connectivity index (χ2v) is 3.73. The van der Waals surface area contributed by atoms with Gasteiger partial charge in [-0.15, -0.1) is 0 Å². The van der Waals surface area contributed by atoms with Gasteiger partial charge in [-0.1, -0.05) is 0 Å². The monoisotopic (exact) mass is 190 g/mol. The third kappa shape index (κ3) is 6.49. The summed E-state index contributed by atoms with van der Waals surface area (Å²) in [6, 6.07) is 0.269. The first-order valence-electron chi connectivity index (χ1n) is 4.19. The third-order valence-electron chi connectivity index (χ3n) is 1.43. The first kappa shape index (κ1) is 11.8. The van der Waals surface area contributed by atoms with E-state index in [1.54, 1.807) is 11.8 Å². The number of thioether (sulfide) groups is 1. The van der Waals surface area contributed by atoms with Crippen LogP contribution < -0.4 is 11.1 Å². The molecule has 4 heteroatoms. The summed E-state index contributed by atoms with van der Waals surface area (Å²) < 4.78 is 0. The van der Waals surface area contributed by atoms with Gasteiger partial charge in [-0.3, -0.25) is 4.79 Å². The van der Waals surface area contributed by atoms with Crippen LogP contribution in [0.15, 0.2) is 0 Å². The molecule has 0 bridgehead atoms. The molecule has 1 unspecified atom stereocenters. The molecule has 72 valence electrons. The van der Waals surface area contributed by atoms with Gasteiger partial charge in [0.15, 0.2) is 0 Å². The molecule has 0 aliphatic heterocycles. The summed E-state index contributed by atoms with van der Waals surface area (Å²) in [4.78, 5) is 11.1. The summed E-state index contributed by atoms with van der Waals surface area (Å²) in [5, 5.41) is 2.90. The van der Waals surface area contributed by atoms with Crippen LogP contribution in [0.3, 0.4) is 0 Å². The summed E-state index contributed by atoms with van der Waals surface area (Å²) in [6.45, 7) is 2.60. The number of rotatable bonds is 6. The predicted octanol–water partition coefficient (Wildman–Crippen LogP) is 0.593. The lowest BCUT2D eigenvalue weighted by Crippen LogP contribution is -2.34. The smallest absolute Gasteiger partial charge is 0.220 e. The molecular formula is C8H18N2OS. The lowest BCUT2D eigenvalue weighted by atomic mass is 10.3. The fraction of sp³-hybridized carbons (Fsp3) is 0.875. The molecule has 0 radical (unpaired) electrons. The van der Waals surface area contributed by atoms with Crippen LogP contribution in [0, 0.1) is 0 Å². The molecule has 0 aliphatic rings. The van der Waals surface area contributed by atoms with Gasteiger partial charge in [0.1, 0.15) is 0 Å². The van der Waals surface area contributed by atoms with Crippen molar-refractivity contribution in [2.45, 2.75) is 25.8 Å². The minimum atomic E-state index is 0.113. The van der Waals surface area contributed by atoms with Gasteiger partial charge in [-0.2, -0.15) is 11.8 Å². The number of hydrogen-bond acceptors (Lipinski definition) is 3. The Hall–Kier alpha value is -0.220. The Kier molecular flexibility index (Phi) is 7.29. The fourth-order valence-corrected chi connectivity index (χ4v) is 1.48. The summed E-state index contributed by atoms with van der Waals surface area (Å²) in [6.07, 6.45) is 3.36. The summed E-state index contributed by atoms with van der Waals surface area (Å²) in [5.74, 6) is 1.08. The van der Waals surface area contributed by atoms with Crippen molar-refractivity contribution in [2.75, 3.05) is 18.6 Å². The molecule has 1 atom stereocenters. The van der Waals surface area contributed by atoms with Gasteiger partial charge >= 0.3 is 0 Å². The average Bonchev–Trinajstić information content (AvgIpc) is 2.01. The van der Waals surface area contributed by atoms with Crippen LogP contribution in [-0.2, 0) is 4.79 Å². The second kappa shape index (κ2) is 7.43. The minimum absolute atomic E-state index is 0.113. The van der Waals surface area contributed by atoms with Gasteiger partial charge in [0.05, 0.1) is 0 Å². The highest BCUT2D eigenvalue weighted by Crippen LogP contribution is 1.96. The molecule has 12 heavy (non-hydrogen) atoms. The minimum Gasteiger partial charge on any atom is -0.353 e. The van der Waals surface area contributed by atoms with Crippen molar-refractivity contribution in [3.8, 4) is 0 Å². The quantitative estimate of drug-likeness (QED) is 0.644. The van der Waals surface area contributed by atoms with Gasteiger partial charge in [0.25, 0.3) is 0 Å². The molecule has 0 aromatic carbocycles. The normalized spacial score (nSPS) is 12.6. The molecule has 0 rings (SSSR count). The van der Waals surface area contributed by atoms with Gasteiger partial charge in [0.2, 0.25) is 5.91 Å². The van der Waals surface area contributed by atoms with E-state index < -0.39 is 0 Å². The summed E-state index contributed by atoms with van der Waals surface area (Å²) >= 11 is 1.74. The van der Waals surface area contributed by atoms with Crippen molar-refractivity contribution in [1.29, 1.82) is 0 Å². The Balaban J connectivity index is 3.40. The largest absolute Gasteiger partial charge is 0.353 e. The van der Waals surface area contributed by atoms with E-state index in [9.17, 15) is 4.79 Å². The highest BCUT2D eigenvalue weighted by atomic mass is 32.2. The number of amides is 1. The maximum atomic E-state index is 11.1. The zero-order chi connectivity index (χ0) is 9.40. The Labute approximate surface area is 78.5 Å². The molecule has 0 aromatic rings. The van der Waals surface area contributed by atoms with Crippen molar-refractivity contribution in [1.82, 2.24) is 5.32 Å². The molecule has 0 fully saturated rings. The highest BCUT2D eigenvalue weighted by molar-refractivity contribution is 7.98. The molecular weight excluding hydrogens is 172 g/mol. The maximum absolute atomic E-state index is 11.1. The Morgan fingerprint density at radius 1 is 1.67 bits per heavy atom. The maximum Gasteiger partial charge on any atom is 0.220 e. The van der Waals surface area contributed by atoms with E-state index in [0.29, 0.717) is 13.0 Å². The van der Waals surface area contributed by atoms with E-state index in [1.165, 1.54) is 0 Å². The first-order chi connectivity index (χ1) is 5.70. The van der Waals surface area contributed by atoms with Crippen LogP contribution in [-0.4, -0.2) is 30.5 Å². The van der Waals surface area contributed by atoms with Crippen molar-refractivity contribution in [3.63, 3.8) is 0 Å². The number of nitrogens with two attached hydrogens (primary N) is 1. The van der Waals surface area contributed by atoms with E-state index in [1.807, 2.05) is 13.2 Å². The molecule has 0 aliphatic carbocycles. The average molecular weight is 190 g/mol. The zero-order valence-corrected chi connectivity index (χ0v) is 8.62. The topological polar surface area (TPSA) is 55.1 Å². The number of nitrogens with one attached hydrogen (secondary N) is 1. The molecule has 3 N–H and O–H groups in total. The zero-order valence-electron chi connectivity index (χ0n) is 7.80. The Morgan fingerprint density at radius 3 is 2.83 bits per heavy atom. The van der Waals surface area contributed by atoms with Crippen molar-refractivity contribution < 1.29 is 4.79 Å². The standard InChI is InChI=1S/C8H18N2OS/c1-7(6-12-2)10-8(11)4-3-5-9/h7H,3-6,9H2,1-2H3,(H,10,11). The Morgan fingerprint density at radius 2 is 2.33 bits per heavy atom. The van der Waals surface area contributed by atoms with Gasteiger partial charge in [0, 0.05) is 18.2 Å². The number of hydrogen-bond donors (Lipinski definition) is 2. The molecule has 3 nitrogen and oxygen atoms in total. The van der Waals surface area contributed by atoms with Gasteiger partial charge in [-0.05, 0) is 26.1 Å². The fourth-order valence-electron chi connectivity index (χ4n) is 0.901. The van der Waals surface area contributed by atoms with Crippen LogP contribution in [0.4, 0.5) is 0 Å². The molecule has 0 aromatic heterocycles. The van der Waals surface area contributed by atoms with Gasteiger partial charge in [-0.25, -0.2) is 0 Å². The van der Waals surface area contributed by atoms with Crippen LogP contribution in [0.5, 0.6) is 0 Å². The molecule has 1 amide bonds. The molecule has 0 saturated heterocycles. The van der Waals surface area contributed by atoms with E-state index >= 15 is 0 Å². The van der Waals surface area contributed by atoms with E-state index in [4.69, 9.17) is 5.73 Å². The van der Waals surface area contributed by atoms with E-state index in [0.717, 1.165) is 12.2 Å². The van der Waals surface area contributed by atoms with Crippen molar-refractivity contribution >= 4 is 17.7 Å². The highest BCUT2D eigenvalue weighted by Gasteiger charge is 2.04. The predicted molar refractivity (Wildman–Crippen MR) is 54.3 cm³/mol. The number of carbonyl (C=O) groups excluding carboxylic acids is 1. The van der Waals surface area contributed by atoms with Crippen LogP contribution in [0.1, 0.15) is 19.8 Å². The first-order valence-corrected chi connectivity index (χ1v) is 5.58. The van der Waals surface area contributed by atoms with Crippen molar-refractivity contribution in [2.24, 2.45) is 5.73 Å². The van der Waals surface area contributed by atoms with Crippen LogP contribution >= 0.6 is 11.8 Å². The molecule has 0 saturated carbocycles. The van der Waals surface area contributed by atoms with Crippen LogP contribution in [0.25, 0.3) is 0 Å². The lowest BCUT2D eigenvalue weighted by molar-refractivity contribution is -0.121.